The second-order valence-electron chi connectivity index (χ2n) is 17.7. The van der Waals surface area contributed by atoms with E-state index < -0.39 is 0 Å². The van der Waals surface area contributed by atoms with Gasteiger partial charge in [0.15, 0.2) is 11.6 Å². The predicted molar refractivity (Wildman–Crippen MR) is 238 cm³/mol. The number of hydrogen-bond donors (Lipinski definition) is 0. The van der Waals surface area contributed by atoms with Crippen LogP contribution in [0.5, 0.6) is 0 Å². The zero-order valence-corrected chi connectivity index (χ0v) is 33.8. The van der Waals surface area contributed by atoms with Crippen LogP contribution >= 0.6 is 0 Å². The lowest BCUT2D eigenvalue weighted by atomic mass is 9.82. The van der Waals surface area contributed by atoms with Crippen molar-refractivity contribution < 1.29 is 0 Å². The lowest BCUT2D eigenvalue weighted by molar-refractivity contribution is 0.660. The van der Waals surface area contributed by atoms with E-state index in [2.05, 4.69) is 204 Å². The second kappa shape index (κ2) is 12.2. The first-order valence-corrected chi connectivity index (χ1v) is 20.4. The third-order valence-corrected chi connectivity index (χ3v) is 13.3. The van der Waals surface area contributed by atoms with Crippen LogP contribution in [-0.4, -0.2) is 15.0 Å². The molecule has 3 aliphatic rings. The molecule has 0 atom stereocenters. The number of fused-ring (bicyclic) bond motifs is 9. The quantitative estimate of drug-likeness (QED) is 0.176. The average Bonchev–Trinajstić information content (AvgIpc) is 3.73. The summed E-state index contributed by atoms with van der Waals surface area (Å²) in [5.41, 5.74) is 19.1. The summed E-state index contributed by atoms with van der Waals surface area (Å²) >= 11 is 0. The summed E-state index contributed by atoms with van der Waals surface area (Å²) in [6, 6.07) is 57.2. The van der Waals surface area contributed by atoms with Gasteiger partial charge in [-0.05, 0) is 103 Å². The smallest absolute Gasteiger partial charge is 0.238 e. The van der Waals surface area contributed by atoms with Crippen molar-refractivity contribution in [2.45, 2.75) is 57.8 Å². The molecule has 7 aromatic carbocycles. The maximum absolute atomic E-state index is 5.40. The Morgan fingerprint density at radius 2 is 0.707 bits per heavy atom. The number of hydrogen-bond acceptors (Lipinski definition) is 4. The van der Waals surface area contributed by atoms with E-state index in [1.165, 1.54) is 66.8 Å². The van der Waals surface area contributed by atoms with Gasteiger partial charge in [-0.25, -0.2) is 4.98 Å². The van der Waals surface area contributed by atoms with Crippen LogP contribution in [0.3, 0.4) is 0 Å². The molecule has 8 aromatic rings. The summed E-state index contributed by atoms with van der Waals surface area (Å²) in [5, 5.41) is 0. The van der Waals surface area contributed by atoms with E-state index in [1.54, 1.807) is 0 Å². The van der Waals surface area contributed by atoms with Crippen LogP contribution < -0.4 is 4.90 Å². The summed E-state index contributed by atoms with van der Waals surface area (Å²) in [7, 11) is 0. The summed E-state index contributed by atoms with van der Waals surface area (Å²) < 4.78 is 0. The molecule has 58 heavy (non-hydrogen) atoms. The van der Waals surface area contributed by atoms with Crippen molar-refractivity contribution in [1.29, 1.82) is 0 Å². The van der Waals surface area contributed by atoms with E-state index in [0.717, 1.165) is 22.5 Å². The molecule has 4 nitrogen and oxygen atoms in total. The number of anilines is 3. The van der Waals surface area contributed by atoms with Gasteiger partial charge in [0, 0.05) is 38.7 Å². The Hall–Kier alpha value is -6.65. The van der Waals surface area contributed by atoms with Crippen LogP contribution in [0.25, 0.3) is 56.2 Å². The normalized spacial score (nSPS) is 15.5. The van der Waals surface area contributed by atoms with Gasteiger partial charge in [0.1, 0.15) is 0 Å². The maximum Gasteiger partial charge on any atom is 0.238 e. The molecule has 0 fully saturated rings. The fraction of sp³-hybridized carbons (Fsp3) is 0.167. The minimum absolute atomic E-state index is 0.0980. The third-order valence-electron chi connectivity index (χ3n) is 13.3. The first-order chi connectivity index (χ1) is 28.0. The molecule has 11 rings (SSSR count). The topological polar surface area (TPSA) is 41.9 Å². The van der Waals surface area contributed by atoms with Gasteiger partial charge in [0.25, 0.3) is 0 Å². The minimum atomic E-state index is -0.100. The zero-order chi connectivity index (χ0) is 39.6. The van der Waals surface area contributed by atoms with Crippen molar-refractivity contribution in [1.82, 2.24) is 15.0 Å². The van der Waals surface area contributed by atoms with Gasteiger partial charge in [-0.1, -0.05) is 163 Å². The summed E-state index contributed by atoms with van der Waals surface area (Å²) in [5.74, 6) is 1.85. The van der Waals surface area contributed by atoms with E-state index in [-0.39, 0.29) is 16.2 Å². The highest BCUT2D eigenvalue weighted by molar-refractivity contribution is 5.88. The molecule has 0 amide bonds. The van der Waals surface area contributed by atoms with Gasteiger partial charge in [-0.15, -0.1) is 0 Å². The third kappa shape index (κ3) is 4.91. The standard InChI is InChI=1S/C54H44N4/c1-52(2)43-21-13-10-18-37(43)40-30-33(24-27-46(40)52)49-55-50(34-25-28-47-41(31-34)38-19-11-14-22-44(38)53(47,3)4)57-51(56-49)58(35-16-8-7-9-17-35)36-26-29-48-42(32-36)39-20-12-15-23-45(39)54(48,5)6/h7-32H,1-6H3. The molecule has 0 saturated heterocycles. The van der Waals surface area contributed by atoms with Crippen molar-refractivity contribution in [2.24, 2.45) is 0 Å². The Kier molecular flexibility index (Phi) is 7.26. The van der Waals surface area contributed by atoms with Crippen LogP contribution in [0.1, 0.15) is 74.9 Å². The van der Waals surface area contributed by atoms with Crippen LogP contribution in [0, 0.1) is 0 Å². The van der Waals surface area contributed by atoms with Gasteiger partial charge in [0.05, 0.1) is 0 Å². The van der Waals surface area contributed by atoms with Gasteiger partial charge >= 0.3 is 0 Å². The highest BCUT2D eigenvalue weighted by Gasteiger charge is 2.38. The molecule has 4 heteroatoms. The predicted octanol–water partition coefficient (Wildman–Crippen LogP) is 13.6. The van der Waals surface area contributed by atoms with E-state index in [4.69, 9.17) is 15.0 Å². The molecule has 0 N–H and O–H groups in total. The van der Waals surface area contributed by atoms with Crippen molar-refractivity contribution in [3.05, 3.63) is 191 Å². The number of para-hydroxylation sites is 1. The highest BCUT2D eigenvalue weighted by atomic mass is 15.3. The highest BCUT2D eigenvalue weighted by Crippen LogP contribution is 2.53. The number of rotatable bonds is 5. The number of nitrogens with zero attached hydrogens (tertiary/aromatic N) is 4. The van der Waals surface area contributed by atoms with Crippen LogP contribution in [-0.2, 0) is 16.2 Å². The Morgan fingerprint density at radius 1 is 0.328 bits per heavy atom. The van der Waals surface area contributed by atoms with E-state index in [1.807, 2.05) is 0 Å². The monoisotopic (exact) mass is 748 g/mol. The lowest BCUT2D eigenvalue weighted by Crippen LogP contribution is -2.17. The van der Waals surface area contributed by atoms with Crippen molar-refractivity contribution in [2.75, 3.05) is 4.90 Å². The largest absolute Gasteiger partial charge is 0.279 e. The molecule has 0 spiro atoms. The first-order valence-electron chi connectivity index (χ1n) is 20.4. The van der Waals surface area contributed by atoms with Gasteiger partial charge in [-0.3, -0.25) is 4.90 Å². The van der Waals surface area contributed by atoms with Crippen molar-refractivity contribution >= 4 is 17.3 Å². The molecule has 1 aromatic heterocycles. The average molecular weight is 749 g/mol. The molecule has 0 bridgehead atoms. The van der Waals surface area contributed by atoms with Gasteiger partial charge < -0.3 is 0 Å². The van der Waals surface area contributed by atoms with E-state index in [9.17, 15) is 0 Å². The molecule has 1 heterocycles. The van der Waals surface area contributed by atoms with Gasteiger partial charge in [-0.2, -0.15) is 9.97 Å². The Labute approximate surface area is 341 Å². The molecular weight excluding hydrogens is 705 g/mol. The molecule has 0 aliphatic heterocycles. The fourth-order valence-electron chi connectivity index (χ4n) is 10.2. The number of aromatic nitrogens is 3. The molecule has 280 valence electrons. The Balaban J connectivity index is 1.14. The van der Waals surface area contributed by atoms with Crippen LogP contribution in [0.15, 0.2) is 158 Å². The van der Waals surface area contributed by atoms with Gasteiger partial charge in [0.2, 0.25) is 5.95 Å². The second-order valence-corrected chi connectivity index (χ2v) is 17.7. The Morgan fingerprint density at radius 3 is 1.17 bits per heavy atom. The molecule has 3 aliphatic carbocycles. The fourth-order valence-corrected chi connectivity index (χ4v) is 10.2. The Bertz CT molecular complexity index is 2870. The number of benzene rings is 7. The first kappa shape index (κ1) is 34.6. The zero-order valence-electron chi connectivity index (χ0n) is 33.8. The molecule has 0 radical (unpaired) electrons. The summed E-state index contributed by atoms with van der Waals surface area (Å²) in [4.78, 5) is 18.3. The molecule has 0 saturated carbocycles. The van der Waals surface area contributed by atoms with Crippen molar-refractivity contribution in [3.63, 3.8) is 0 Å². The molecular formula is C54H44N4. The van der Waals surface area contributed by atoms with E-state index >= 15 is 0 Å². The van der Waals surface area contributed by atoms with Crippen LogP contribution in [0.2, 0.25) is 0 Å². The van der Waals surface area contributed by atoms with Crippen LogP contribution in [0.4, 0.5) is 17.3 Å². The van der Waals surface area contributed by atoms with E-state index in [0.29, 0.717) is 17.6 Å². The van der Waals surface area contributed by atoms with Crippen molar-refractivity contribution in [3.8, 4) is 56.2 Å². The summed E-state index contributed by atoms with van der Waals surface area (Å²) in [6.45, 7) is 13.9. The summed E-state index contributed by atoms with van der Waals surface area (Å²) in [6.07, 6.45) is 0. The lowest BCUT2D eigenvalue weighted by Gasteiger charge is -2.26. The molecule has 0 unspecified atom stereocenters. The maximum atomic E-state index is 5.40. The minimum Gasteiger partial charge on any atom is -0.279 e. The SMILES string of the molecule is CC1(C)c2ccccc2-c2cc(-c3nc(-c4ccc5c(c4)-c4ccccc4C5(C)C)nc(N(c4ccccc4)c4ccc5c(c4)-c4ccccc4C5(C)C)n3)ccc21.